The SMILES string of the molecule is Cc1noc(C)c1C(=O)O[C@@H](C)C(=O)Nc1c(C)n(C)n(-c2ccccc2)c1=O. The van der Waals surface area contributed by atoms with Gasteiger partial charge in [0.1, 0.15) is 17.0 Å². The van der Waals surface area contributed by atoms with E-state index in [0.29, 0.717) is 22.8 Å². The molecular formula is C20H22N4O5. The summed E-state index contributed by atoms with van der Waals surface area (Å²) >= 11 is 0. The third-order valence-electron chi connectivity index (χ3n) is 4.69. The summed E-state index contributed by atoms with van der Waals surface area (Å²) in [4.78, 5) is 37.8. The predicted octanol–water partition coefficient (Wildman–Crippen LogP) is 2.27. The molecule has 0 aliphatic carbocycles. The van der Waals surface area contributed by atoms with Crippen LogP contribution in [0.1, 0.15) is 34.4 Å². The molecule has 1 atom stereocenters. The lowest BCUT2D eigenvalue weighted by Gasteiger charge is -2.12. The normalized spacial score (nSPS) is 11.9. The van der Waals surface area contributed by atoms with Gasteiger partial charge in [-0.1, -0.05) is 23.4 Å². The van der Waals surface area contributed by atoms with Crippen molar-refractivity contribution in [3.8, 4) is 5.69 Å². The van der Waals surface area contributed by atoms with E-state index in [1.807, 2.05) is 18.2 Å². The molecular weight excluding hydrogens is 376 g/mol. The molecule has 1 aromatic carbocycles. The molecule has 0 aliphatic rings. The van der Waals surface area contributed by atoms with Gasteiger partial charge in [0.15, 0.2) is 6.10 Å². The van der Waals surface area contributed by atoms with Gasteiger partial charge < -0.3 is 14.6 Å². The van der Waals surface area contributed by atoms with Gasteiger partial charge in [-0.25, -0.2) is 9.48 Å². The standard InChI is InChI=1S/C20H22N4O5/c1-11-16(13(3)29-22-11)20(27)28-14(4)18(25)21-17-12(2)23(5)24(19(17)26)15-9-7-6-8-10-15/h6-10,14H,1-5H3,(H,21,25)/t14-/m0/s1. The van der Waals surface area contributed by atoms with E-state index in [2.05, 4.69) is 10.5 Å². The van der Waals surface area contributed by atoms with Crippen LogP contribution in [-0.2, 0) is 16.6 Å². The molecule has 3 aromatic rings. The summed E-state index contributed by atoms with van der Waals surface area (Å²) in [5.74, 6) is -1.02. The summed E-state index contributed by atoms with van der Waals surface area (Å²) in [6.45, 7) is 6.34. The Bertz CT molecular complexity index is 1100. The van der Waals surface area contributed by atoms with E-state index in [-0.39, 0.29) is 16.8 Å². The van der Waals surface area contributed by atoms with Crippen molar-refractivity contribution >= 4 is 17.6 Å². The van der Waals surface area contributed by atoms with Gasteiger partial charge in [-0.3, -0.25) is 14.3 Å². The second-order valence-electron chi connectivity index (χ2n) is 6.67. The number of nitrogens with zero attached hydrogens (tertiary/aromatic N) is 3. The fourth-order valence-corrected chi connectivity index (χ4v) is 2.98. The minimum absolute atomic E-state index is 0.126. The number of carbonyl (C=O) groups excluding carboxylic acids is 2. The van der Waals surface area contributed by atoms with Gasteiger partial charge in [0.2, 0.25) is 0 Å². The average molecular weight is 398 g/mol. The molecule has 3 rings (SSSR count). The van der Waals surface area contributed by atoms with Crippen molar-refractivity contribution in [1.29, 1.82) is 0 Å². The topological polar surface area (TPSA) is 108 Å². The Morgan fingerprint density at radius 1 is 1.17 bits per heavy atom. The van der Waals surface area contributed by atoms with Crippen molar-refractivity contribution in [3.05, 3.63) is 63.4 Å². The molecule has 9 nitrogen and oxygen atoms in total. The van der Waals surface area contributed by atoms with Crippen LogP contribution in [-0.4, -0.2) is 32.5 Å². The number of esters is 1. The van der Waals surface area contributed by atoms with Gasteiger partial charge in [-0.2, -0.15) is 0 Å². The van der Waals surface area contributed by atoms with Crippen LogP contribution >= 0.6 is 0 Å². The summed E-state index contributed by atoms with van der Waals surface area (Å²) in [6, 6.07) is 9.07. The van der Waals surface area contributed by atoms with Crippen LogP contribution in [0.15, 0.2) is 39.6 Å². The highest BCUT2D eigenvalue weighted by Gasteiger charge is 2.26. The smallest absolute Gasteiger partial charge is 0.344 e. The molecule has 0 saturated carbocycles. The molecule has 9 heteroatoms. The lowest BCUT2D eigenvalue weighted by atomic mass is 10.2. The van der Waals surface area contributed by atoms with Crippen LogP contribution in [0, 0.1) is 20.8 Å². The van der Waals surface area contributed by atoms with Gasteiger partial charge in [-0.15, -0.1) is 0 Å². The van der Waals surface area contributed by atoms with Crippen molar-refractivity contribution in [2.24, 2.45) is 7.05 Å². The zero-order valence-electron chi connectivity index (χ0n) is 16.8. The molecule has 0 radical (unpaired) electrons. The van der Waals surface area contributed by atoms with Crippen LogP contribution in [0.25, 0.3) is 5.69 Å². The molecule has 29 heavy (non-hydrogen) atoms. The number of benzene rings is 1. The van der Waals surface area contributed by atoms with Crippen LogP contribution < -0.4 is 10.9 Å². The first-order valence-corrected chi connectivity index (χ1v) is 9.01. The number of carbonyl (C=O) groups is 2. The zero-order valence-corrected chi connectivity index (χ0v) is 16.8. The van der Waals surface area contributed by atoms with E-state index in [1.165, 1.54) is 11.6 Å². The molecule has 1 amide bonds. The molecule has 152 valence electrons. The van der Waals surface area contributed by atoms with E-state index in [4.69, 9.17) is 9.26 Å². The molecule has 0 bridgehead atoms. The molecule has 2 aromatic heterocycles. The molecule has 0 spiro atoms. The monoisotopic (exact) mass is 398 g/mol. The highest BCUT2D eigenvalue weighted by molar-refractivity contribution is 5.98. The number of hydrogen-bond acceptors (Lipinski definition) is 6. The van der Waals surface area contributed by atoms with Gasteiger partial charge in [0, 0.05) is 7.05 Å². The summed E-state index contributed by atoms with van der Waals surface area (Å²) in [5, 5.41) is 6.28. The first-order valence-electron chi connectivity index (χ1n) is 9.01. The Hall–Kier alpha value is -3.62. The Balaban J connectivity index is 1.81. The van der Waals surface area contributed by atoms with E-state index in [0.717, 1.165) is 0 Å². The van der Waals surface area contributed by atoms with Crippen LogP contribution in [0.4, 0.5) is 5.69 Å². The van der Waals surface area contributed by atoms with Gasteiger partial charge in [-0.05, 0) is 39.8 Å². The van der Waals surface area contributed by atoms with Crippen molar-refractivity contribution in [1.82, 2.24) is 14.5 Å². The molecule has 0 fully saturated rings. The van der Waals surface area contributed by atoms with Crippen molar-refractivity contribution in [2.45, 2.75) is 33.8 Å². The second kappa shape index (κ2) is 7.78. The quantitative estimate of drug-likeness (QED) is 0.661. The number of para-hydroxylation sites is 1. The number of amides is 1. The third-order valence-corrected chi connectivity index (χ3v) is 4.69. The number of aryl methyl sites for hydroxylation is 2. The molecule has 1 N–H and O–H groups in total. The van der Waals surface area contributed by atoms with E-state index in [1.54, 1.807) is 44.6 Å². The fraction of sp³-hybridized carbons (Fsp3) is 0.300. The average Bonchev–Trinajstić information content (AvgIpc) is 3.13. The highest BCUT2D eigenvalue weighted by Crippen LogP contribution is 2.17. The molecule has 2 heterocycles. The number of ether oxygens (including phenoxy) is 1. The Kier molecular flexibility index (Phi) is 5.40. The molecule has 0 saturated heterocycles. The van der Waals surface area contributed by atoms with E-state index in [9.17, 15) is 14.4 Å². The van der Waals surface area contributed by atoms with Crippen LogP contribution in [0.3, 0.4) is 0 Å². The maximum atomic E-state index is 12.9. The Morgan fingerprint density at radius 3 is 2.41 bits per heavy atom. The van der Waals surface area contributed by atoms with Crippen molar-refractivity contribution in [2.75, 3.05) is 5.32 Å². The highest BCUT2D eigenvalue weighted by atomic mass is 16.5. The minimum atomic E-state index is -1.12. The summed E-state index contributed by atoms with van der Waals surface area (Å²) < 4.78 is 13.3. The van der Waals surface area contributed by atoms with Crippen molar-refractivity contribution in [3.63, 3.8) is 0 Å². The molecule has 0 aliphatic heterocycles. The number of anilines is 1. The zero-order chi connectivity index (χ0) is 21.3. The fourth-order valence-electron chi connectivity index (χ4n) is 2.98. The lowest BCUT2D eigenvalue weighted by Crippen LogP contribution is -2.32. The van der Waals surface area contributed by atoms with Crippen LogP contribution in [0.2, 0.25) is 0 Å². The predicted molar refractivity (Wildman–Crippen MR) is 105 cm³/mol. The maximum absolute atomic E-state index is 12.9. The Morgan fingerprint density at radius 2 is 1.83 bits per heavy atom. The third kappa shape index (κ3) is 3.71. The van der Waals surface area contributed by atoms with Crippen molar-refractivity contribution < 1.29 is 18.8 Å². The van der Waals surface area contributed by atoms with Gasteiger partial charge >= 0.3 is 5.97 Å². The lowest BCUT2D eigenvalue weighted by molar-refractivity contribution is -0.123. The summed E-state index contributed by atoms with van der Waals surface area (Å²) in [5.41, 5.74) is 1.55. The van der Waals surface area contributed by atoms with E-state index < -0.39 is 18.0 Å². The first-order chi connectivity index (χ1) is 13.7. The summed E-state index contributed by atoms with van der Waals surface area (Å²) in [7, 11) is 1.72. The number of hydrogen-bond donors (Lipinski definition) is 1. The van der Waals surface area contributed by atoms with Crippen LogP contribution in [0.5, 0.6) is 0 Å². The summed E-state index contributed by atoms with van der Waals surface area (Å²) in [6.07, 6.45) is -1.12. The number of nitrogens with one attached hydrogen (secondary N) is 1. The van der Waals surface area contributed by atoms with Gasteiger partial charge in [0.05, 0.1) is 17.1 Å². The Labute approximate surface area is 166 Å². The minimum Gasteiger partial charge on any atom is -0.449 e. The van der Waals surface area contributed by atoms with E-state index >= 15 is 0 Å². The second-order valence-corrected chi connectivity index (χ2v) is 6.67. The number of rotatable bonds is 5. The number of aromatic nitrogens is 3. The molecule has 0 unspecified atom stereocenters. The first kappa shape index (κ1) is 20.1. The maximum Gasteiger partial charge on any atom is 0.344 e. The largest absolute Gasteiger partial charge is 0.449 e. The van der Waals surface area contributed by atoms with Gasteiger partial charge in [0.25, 0.3) is 11.5 Å².